The Morgan fingerprint density at radius 2 is 2.40 bits per heavy atom. The molecule has 15 heavy (non-hydrogen) atoms. The number of amides is 1. The molecular weight excluding hydrogens is 212 g/mol. The van der Waals surface area contributed by atoms with Gasteiger partial charge in [0.2, 0.25) is 5.91 Å². The van der Waals surface area contributed by atoms with Gasteiger partial charge in [-0.25, -0.2) is 5.01 Å². The van der Waals surface area contributed by atoms with Crippen LogP contribution in [0.2, 0.25) is 0 Å². The predicted molar refractivity (Wildman–Crippen MR) is 58.9 cm³/mol. The first-order chi connectivity index (χ1) is 7.20. The fourth-order valence-corrected chi connectivity index (χ4v) is 3.59. The van der Waals surface area contributed by atoms with Gasteiger partial charge in [-0.05, 0) is 12.8 Å². The van der Waals surface area contributed by atoms with Crippen LogP contribution in [0.5, 0.6) is 0 Å². The molecule has 0 saturated heterocycles. The molecule has 2 saturated carbocycles. The van der Waals surface area contributed by atoms with Gasteiger partial charge in [-0.3, -0.25) is 4.79 Å². The van der Waals surface area contributed by atoms with Crippen LogP contribution in [-0.2, 0) is 4.79 Å². The van der Waals surface area contributed by atoms with Crippen LogP contribution < -0.4 is 0 Å². The van der Waals surface area contributed by atoms with E-state index in [-0.39, 0.29) is 5.91 Å². The first-order valence-electron chi connectivity index (χ1n) is 5.64. The predicted octanol–water partition coefficient (Wildman–Crippen LogP) is 2.00. The van der Waals surface area contributed by atoms with Gasteiger partial charge in [0.15, 0.2) is 0 Å². The molecule has 2 aliphatic carbocycles. The van der Waals surface area contributed by atoms with Crippen LogP contribution in [0.4, 0.5) is 0 Å². The molecule has 0 aromatic heterocycles. The highest BCUT2D eigenvalue weighted by molar-refractivity contribution is 6.19. The number of hydrogen-bond donors (Lipinski definition) is 0. The first-order valence-corrected chi connectivity index (χ1v) is 6.17. The molecule has 1 heterocycles. The van der Waals surface area contributed by atoms with Crippen molar-refractivity contribution in [1.82, 2.24) is 5.01 Å². The van der Waals surface area contributed by atoms with Gasteiger partial charge in [-0.1, -0.05) is 6.42 Å². The minimum Gasteiger partial charge on any atom is -0.273 e. The molecule has 3 rings (SSSR count). The van der Waals surface area contributed by atoms with E-state index < -0.39 is 0 Å². The average Bonchev–Trinajstić information content (AvgIpc) is 2.69. The summed E-state index contributed by atoms with van der Waals surface area (Å²) in [6, 6.07) is 0.391. The van der Waals surface area contributed by atoms with Gasteiger partial charge in [-0.2, -0.15) is 5.10 Å². The summed E-state index contributed by atoms with van der Waals surface area (Å²) in [6.07, 6.45) is 4.70. The molecule has 3 nitrogen and oxygen atoms in total. The van der Waals surface area contributed by atoms with Crippen LogP contribution >= 0.6 is 11.6 Å². The van der Waals surface area contributed by atoms with Crippen LogP contribution in [0.3, 0.4) is 0 Å². The largest absolute Gasteiger partial charge is 0.273 e. The number of nitrogens with zero attached hydrogens (tertiary/aromatic N) is 2. The molecule has 3 aliphatic rings. The van der Waals surface area contributed by atoms with E-state index in [0.717, 1.165) is 6.42 Å². The summed E-state index contributed by atoms with van der Waals surface area (Å²) >= 11 is 5.76. The summed E-state index contributed by atoms with van der Waals surface area (Å²) in [5, 5.41) is 6.12. The Bertz CT molecular complexity index is 348. The number of halogens is 1. The molecule has 2 fully saturated rings. The normalized spacial score (nSPS) is 34.8. The van der Waals surface area contributed by atoms with Gasteiger partial charge >= 0.3 is 0 Å². The van der Waals surface area contributed by atoms with Crippen molar-refractivity contribution in [2.24, 2.45) is 16.4 Å². The van der Waals surface area contributed by atoms with Crippen molar-refractivity contribution in [3.05, 3.63) is 0 Å². The van der Waals surface area contributed by atoms with Gasteiger partial charge in [0, 0.05) is 36.3 Å². The molecule has 0 N–H and O–H groups in total. The minimum absolute atomic E-state index is 0.0818. The van der Waals surface area contributed by atoms with Crippen molar-refractivity contribution in [2.75, 3.05) is 5.88 Å². The molecule has 0 aromatic carbocycles. The summed E-state index contributed by atoms with van der Waals surface area (Å²) in [5.41, 5.74) is 1.60. The zero-order chi connectivity index (χ0) is 10.6. The Hall–Kier alpha value is -0.570. The van der Waals surface area contributed by atoms with Crippen molar-refractivity contribution in [2.45, 2.75) is 38.6 Å². The van der Waals surface area contributed by atoms with Crippen LogP contribution in [0.15, 0.2) is 5.10 Å². The number of carbonyl (C=O) groups is 1. The lowest BCUT2D eigenvalue weighted by Gasteiger charge is -2.31. The van der Waals surface area contributed by atoms with E-state index in [2.05, 4.69) is 5.10 Å². The smallest absolute Gasteiger partial charge is 0.239 e. The van der Waals surface area contributed by atoms with E-state index >= 15 is 0 Å². The van der Waals surface area contributed by atoms with Gasteiger partial charge < -0.3 is 0 Å². The Morgan fingerprint density at radius 1 is 1.67 bits per heavy atom. The molecule has 4 heteroatoms. The summed E-state index contributed by atoms with van der Waals surface area (Å²) in [4.78, 5) is 11.4. The van der Waals surface area contributed by atoms with Crippen LogP contribution in [0.25, 0.3) is 0 Å². The van der Waals surface area contributed by atoms with E-state index in [1.807, 2.05) is 0 Å². The third-order valence-electron chi connectivity index (χ3n) is 4.23. The fourth-order valence-electron chi connectivity index (χ4n) is 3.39. The van der Waals surface area contributed by atoms with Gasteiger partial charge in [0.25, 0.3) is 0 Å². The third-order valence-corrected chi connectivity index (χ3v) is 4.42. The summed E-state index contributed by atoms with van der Waals surface area (Å²) < 4.78 is 0. The maximum Gasteiger partial charge on any atom is 0.239 e. The zero-order valence-corrected chi connectivity index (χ0v) is 9.63. The van der Waals surface area contributed by atoms with E-state index in [4.69, 9.17) is 11.6 Å². The maximum atomic E-state index is 11.4. The highest BCUT2D eigenvalue weighted by Gasteiger charge is 2.74. The molecule has 2 unspecified atom stereocenters. The highest BCUT2D eigenvalue weighted by Crippen LogP contribution is 2.70. The highest BCUT2D eigenvalue weighted by atomic mass is 35.5. The standard InChI is InChI=1S/C11H15ClN2O/c1-7(15)14-10-9(8(13-14)3-6-12)11(10)4-2-5-11/h9-10H,2-6H2,1H3. The number of alkyl halides is 1. The summed E-state index contributed by atoms with van der Waals surface area (Å²) in [5.74, 6) is 1.25. The number of carbonyl (C=O) groups excluding carboxylic acids is 1. The van der Waals surface area contributed by atoms with Crippen molar-refractivity contribution in [3.63, 3.8) is 0 Å². The monoisotopic (exact) mass is 226 g/mol. The lowest BCUT2D eigenvalue weighted by atomic mass is 9.78. The number of rotatable bonds is 2. The molecule has 1 spiro atoms. The third kappa shape index (κ3) is 1.07. The van der Waals surface area contributed by atoms with Crippen LogP contribution in [0, 0.1) is 11.3 Å². The summed E-state index contributed by atoms with van der Waals surface area (Å²) in [6.45, 7) is 1.61. The molecule has 0 aromatic rings. The Labute approximate surface area is 94.5 Å². The quantitative estimate of drug-likeness (QED) is 0.663. The van der Waals surface area contributed by atoms with Crippen molar-refractivity contribution in [1.29, 1.82) is 0 Å². The minimum atomic E-state index is 0.0818. The molecule has 0 radical (unpaired) electrons. The lowest BCUT2D eigenvalue weighted by molar-refractivity contribution is -0.130. The van der Waals surface area contributed by atoms with Crippen molar-refractivity contribution >= 4 is 23.2 Å². The molecule has 1 amide bonds. The second-order valence-corrected chi connectivity index (χ2v) is 5.28. The lowest BCUT2D eigenvalue weighted by Crippen LogP contribution is -2.32. The topological polar surface area (TPSA) is 32.7 Å². The Morgan fingerprint density at radius 3 is 2.87 bits per heavy atom. The average molecular weight is 227 g/mol. The van der Waals surface area contributed by atoms with Gasteiger partial charge in [0.05, 0.1) is 6.04 Å². The fraction of sp³-hybridized carbons (Fsp3) is 0.818. The molecule has 82 valence electrons. The van der Waals surface area contributed by atoms with E-state index in [1.54, 1.807) is 11.9 Å². The van der Waals surface area contributed by atoms with Crippen LogP contribution in [-0.4, -0.2) is 28.5 Å². The Balaban J connectivity index is 1.85. The second kappa shape index (κ2) is 2.97. The number of hydrogen-bond acceptors (Lipinski definition) is 2. The van der Waals surface area contributed by atoms with Gasteiger partial charge in [-0.15, -0.1) is 11.6 Å². The summed E-state index contributed by atoms with van der Waals surface area (Å²) in [7, 11) is 0. The molecule has 0 bridgehead atoms. The van der Waals surface area contributed by atoms with E-state index in [0.29, 0.717) is 23.3 Å². The second-order valence-electron chi connectivity index (χ2n) is 4.90. The zero-order valence-electron chi connectivity index (χ0n) is 8.87. The van der Waals surface area contributed by atoms with E-state index in [1.165, 1.54) is 25.0 Å². The SMILES string of the molecule is CC(=O)N1N=C(CCCl)C2C1C21CCC1. The van der Waals surface area contributed by atoms with Crippen LogP contribution in [0.1, 0.15) is 32.6 Å². The molecule has 1 aliphatic heterocycles. The number of fused-ring (bicyclic) bond motifs is 3. The maximum absolute atomic E-state index is 11.4. The van der Waals surface area contributed by atoms with E-state index in [9.17, 15) is 4.79 Å². The van der Waals surface area contributed by atoms with Crippen molar-refractivity contribution in [3.8, 4) is 0 Å². The molecule has 2 atom stereocenters. The molecular formula is C11H15ClN2O. The number of hydrazone groups is 1. The van der Waals surface area contributed by atoms with Gasteiger partial charge in [0.1, 0.15) is 0 Å². The van der Waals surface area contributed by atoms with Crippen molar-refractivity contribution < 1.29 is 4.79 Å². The first kappa shape index (κ1) is 9.64. The Kier molecular flexibility index (Phi) is 1.91.